The molecule has 0 amide bonds. The summed E-state index contributed by atoms with van der Waals surface area (Å²) in [5.41, 5.74) is 0. The standard InChI is InChI=1S/C21H21O3P.ClH/c1-22-16-10-4-7-13-19(16)25(20-14-8-5-11-17(20)23-2)21-15-9-6-12-18(21)24-3;/h4-15H,1-3H3;1H. The van der Waals surface area contributed by atoms with Gasteiger partial charge in [0.2, 0.25) is 0 Å². The zero-order valence-corrected chi connectivity index (χ0v) is 16.7. The van der Waals surface area contributed by atoms with E-state index < -0.39 is 7.92 Å². The van der Waals surface area contributed by atoms with Crippen LogP contribution in [0.2, 0.25) is 0 Å². The molecular weight excluding hydrogens is 367 g/mol. The van der Waals surface area contributed by atoms with E-state index in [4.69, 9.17) is 14.2 Å². The maximum Gasteiger partial charge on any atom is 0.127 e. The van der Waals surface area contributed by atoms with E-state index in [9.17, 15) is 0 Å². The van der Waals surface area contributed by atoms with Gasteiger partial charge in [-0.25, -0.2) is 0 Å². The molecule has 0 unspecified atom stereocenters. The molecule has 0 aliphatic carbocycles. The molecule has 0 aliphatic rings. The molecule has 3 aromatic carbocycles. The molecule has 0 saturated heterocycles. The second-order valence-electron chi connectivity index (χ2n) is 5.35. The lowest BCUT2D eigenvalue weighted by atomic mass is 10.3. The van der Waals surface area contributed by atoms with Crippen molar-refractivity contribution >= 4 is 36.2 Å². The fourth-order valence-corrected chi connectivity index (χ4v) is 5.48. The summed E-state index contributed by atoms with van der Waals surface area (Å²) in [6.45, 7) is 0. The molecule has 0 aromatic heterocycles. The Morgan fingerprint density at radius 3 is 1.04 bits per heavy atom. The minimum Gasteiger partial charge on any atom is -0.496 e. The van der Waals surface area contributed by atoms with Gasteiger partial charge >= 0.3 is 0 Å². The van der Waals surface area contributed by atoms with E-state index in [0.717, 1.165) is 33.2 Å². The molecule has 5 heteroatoms. The zero-order valence-electron chi connectivity index (χ0n) is 15.0. The average molecular weight is 389 g/mol. The van der Waals surface area contributed by atoms with E-state index in [0.29, 0.717) is 0 Å². The fraction of sp³-hybridized carbons (Fsp3) is 0.143. The second-order valence-corrected chi connectivity index (χ2v) is 7.47. The highest BCUT2D eigenvalue weighted by molar-refractivity contribution is 7.80. The highest BCUT2D eigenvalue weighted by atomic mass is 35.5. The summed E-state index contributed by atoms with van der Waals surface area (Å²) in [5.74, 6) is 2.60. The molecule has 26 heavy (non-hydrogen) atoms. The van der Waals surface area contributed by atoms with Crippen LogP contribution in [0, 0.1) is 0 Å². The van der Waals surface area contributed by atoms with Gasteiger partial charge in [0.05, 0.1) is 21.3 Å². The van der Waals surface area contributed by atoms with Crippen molar-refractivity contribution in [3.8, 4) is 17.2 Å². The van der Waals surface area contributed by atoms with Gasteiger partial charge in [-0.2, -0.15) is 0 Å². The van der Waals surface area contributed by atoms with Gasteiger partial charge in [0, 0.05) is 15.9 Å². The molecule has 0 heterocycles. The maximum atomic E-state index is 5.65. The normalized spacial score (nSPS) is 10.2. The summed E-state index contributed by atoms with van der Waals surface area (Å²) in [6, 6.07) is 24.4. The number of halogens is 1. The first-order valence-electron chi connectivity index (χ1n) is 7.99. The second kappa shape index (κ2) is 9.47. The topological polar surface area (TPSA) is 27.7 Å². The third kappa shape index (κ3) is 3.95. The third-order valence-corrected chi connectivity index (χ3v) is 6.53. The quantitative estimate of drug-likeness (QED) is 0.599. The van der Waals surface area contributed by atoms with Gasteiger partial charge in [-0.05, 0) is 26.1 Å². The van der Waals surface area contributed by atoms with Crippen LogP contribution in [0.4, 0.5) is 0 Å². The first-order chi connectivity index (χ1) is 12.3. The first-order valence-corrected chi connectivity index (χ1v) is 9.33. The average Bonchev–Trinajstić information content (AvgIpc) is 2.69. The van der Waals surface area contributed by atoms with Gasteiger partial charge < -0.3 is 14.2 Å². The minimum atomic E-state index is -0.901. The van der Waals surface area contributed by atoms with Gasteiger partial charge in [-0.3, -0.25) is 0 Å². The highest BCUT2D eigenvalue weighted by Gasteiger charge is 2.25. The molecule has 3 nitrogen and oxygen atoms in total. The van der Waals surface area contributed by atoms with E-state index in [2.05, 4.69) is 18.2 Å². The Balaban J connectivity index is 0.00000243. The van der Waals surface area contributed by atoms with Crippen molar-refractivity contribution in [2.24, 2.45) is 0 Å². The monoisotopic (exact) mass is 388 g/mol. The fourth-order valence-electron chi connectivity index (χ4n) is 2.83. The molecule has 0 bridgehead atoms. The van der Waals surface area contributed by atoms with Gasteiger partial charge in [-0.1, -0.05) is 54.6 Å². The molecule has 0 aliphatic heterocycles. The largest absolute Gasteiger partial charge is 0.496 e. The summed E-state index contributed by atoms with van der Waals surface area (Å²) < 4.78 is 17.0. The van der Waals surface area contributed by atoms with Crippen molar-refractivity contribution in [2.45, 2.75) is 0 Å². The predicted molar refractivity (Wildman–Crippen MR) is 112 cm³/mol. The van der Waals surface area contributed by atoms with Crippen molar-refractivity contribution in [1.82, 2.24) is 0 Å². The van der Waals surface area contributed by atoms with Crippen molar-refractivity contribution in [2.75, 3.05) is 21.3 Å². The van der Waals surface area contributed by atoms with Crippen molar-refractivity contribution in [3.63, 3.8) is 0 Å². The van der Waals surface area contributed by atoms with Crippen LogP contribution in [-0.4, -0.2) is 21.3 Å². The minimum absolute atomic E-state index is 0. The van der Waals surface area contributed by atoms with Crippen molar-refractivity contribution in [3.05, 3.63) is 72.8 Å². The van der Waals surface area contributed by atoms with Crippen LogP contribution in [0.5, 0.6) is 17.2 Å². The lowest BCUT2D eigenvalue weighted by Crippen LogP contribution is -2.24. The third-order valence-electron chi connectivity index (χ3n) is 3.98. The van der Waals surface area contributed by atoms with E-state index >= 15 is 0 Å². The Morgan fingerprint density at radius 1 is 0.500 bits per heavy atom. The van der Waals surface area contributed by atoms with Crippen LogP contribution >= 0.6 is 20.3 Å². The van der Waals surface area contributed by atoms with Gasteiger partial charge in [0.1, 0.15) is 17.2 Å². The SMILES string of the molecule is COc1ccccc1P(c1ccccc1OC)c1ccccc1OC.Cl. The molecule has 0 atom stereocenters. The summed E-state index contributed by atoms with van der Waals surface area (Å²) in [7, 11) is 4.21. The molecule has 0 fully saturated rings. The molecule has 3 aromatic rings. The van der Waals surface area contributed by atoms with E-state index in [1.54, 1.807) is 21.3 Å². The summed E-state index contributed by atoms with van der Waals surface area (Å²) in [6.07, 6.45) is 0. The number of hydrogen-bond donors (Lipinski definition) is 0. The summed E-state index contributed by atoms with van der Waals surface area (Å²) in [5, 5.41) is 3.40. The Kier molecular flexibility index (Phi) is 7.32. The number of hydrogen-bond acceptors (Lipinski definition) is 3. The van der Waals surface area contributed by atoms with E-state index in [-0.39, 0.29) is 12.4 Å². The Hall–Kier alpha value is -2.22. The Labute approximate surface area is 162 Å². The highest BCUT2D eigenvalue weighted by Crippen LogP contribution is 2.41. The lowest BCUT2D eigenvalue weighted by Gasteiger charge is -2.24. The van der Waals surface area contributed by atoms with Crippen molar-refractivity contribution < 1.29 is 14.2 Å². The van der Waals surface area contributed by atoms with Crippen LogP contribution in [0.25, 0.3) is 0 Å². The number of benzene rings is 3. The van der Waals surface area contributed by atoms with Crippen LogP contribution in [0.1, 0.15) is 0 Å². The predicted octanol–water partition coefficient (Wildman–Crippen LogP) is 3.89. The summed E-state index contributed by atoms with van der Waals surface area (Å²) in [4.78, 5) is 0. The Morgan fingerprint density at radius 2 is 0.769 bits per heavy atom. The molecule has 0 N–H and O–H groups in total. The lowest BCUT2D eigenvalue weighted by molar-refractivity contribution is 0.416. The molecule has 3 rings (SSSR count). The van der Waals surface area contributed by atoms with Gasteiger partial charge in [0.25, 0.3) is 0 Å². The van der Waals surface area contributed by atoms with Gasteiger partial charge in [-0.15, -0.1) is 12.4 Å². The number of ether oxygens (including phenoxy) is 3. The van der Waals surface area contributed by atoms with Crippen LogP contribution in [-0.2, 0) is 0 Å². The molecule has 0 spiro atoms. The van der Waals surface area contributed by atoms with E-state index in [1.807, 2.05) is 54.6 Å². The van der Waals surface area contributed by atoms with Crippen molar-refractivity contribution in [1.29, 1.82) is 0 Å². The molecular formula is C21H22ClO3P. The summed E-state index contributed by atoms with van der Waals surface area (Å²) >= 11 is 0. The molecule has 0 radical (unpaired) electrons. The zero-order chi connectivity index (χ0) is 17.6. The first kappa shape index (κ1) is 20.1. The Bertz CT molecular complexity index is 741. The smallest absolute Gasteiger partial charge is 0.127 e. The van der Waals surface area contributed by atoms with Crippen LogP contribution in [0.15, 0.2) is 72.8 Å². The molecule has 136 valence electrons. The number of rotatable bonds is 6. The van der Waals surface area contributed by atoms with Gasteiger partial charge in [0.15, 0.2) is 0 Å². The van der Waals surface area contributed by atoms with E-state index in [1.165, 1.54) is 0 Å². The number of para-hydroxylation sites is 3. The molecule has 0 saturated carbocycles. The maximum absolute atomic E-state index is 5.65. The van der Waals surface area contributed by atoms with Crippen LogP contribution < -0.4 is 30.1 Å². The van der Waals surface area contributed by atoms with Crippen LogP contribution in [0.3, 0.4) is 0 Å². The number of methoxy groups -OCH3 is 3.